The van der Waals surface area contributed by atoms with Crippen LogP contribution in [-0.4, -0.2) is 47.9 Å². The summed E-state index contributed by atoms with van der Waals surface area (Å²) in [6, 6.07) is 6.74. The van der Waals surface area contributed by atoms with Crippen LogP contribution in [0, 0.1) is 0 Å². The van der Waals surface area contributed by atoms with Gasteiger partial charge in [0.1, 0.15) is 0 Å². The van der Waals surface area contributed by atoms with Crippen LogP contribution >= 0.6 is 0 Å². The molecule has 1 heterocycles. The molecule has 1 unspecified atom stereocenters. The Balaban J connectivity index is 2.23. The highest BCUT2D eigenvalue weighted by atomic mass is 16.4. The number of anilines is 1. The molecule has 118 valence electrons. The normalized spacial score (nSPS) is 16.8. The molecule has 0 radical (unpaired) electrons. The van der Waals surface area contributed by atoms with Gasteiger partial charge in [-0.05, 0) is 18.1 Å². The van der Waals surface area contributed by atoms with E-state index in [2.05, 4.69) is 0 Å². The number of rotatable bonds is 5. The van der Waals surface area contributed by atoms with E-state index in [1.54, 1.807) is 29.2 Å². The third kappa shape index (κ3) is 3.43. The van der Waals surface area contributed by atoms with Gasteiger partial charge in [0, 0.05) is 25.2 Å². The number of piperazine rings is 1. The van der Waals surface area contributed by atoms with Gasteiger partial charge in [0.15, 0.2) is 0 Å². The maximum Gasteiger partial charge on any atom is 0.303 e. The van der Waals surface area contributed by atoms with E-state index < -0.39 is 12.0 Å². The van der Waals surface area contributed by atoms with Crippen LogP contribution in [0.1, 0.15) is 24.4 Å². The van der Waals surface area contributed by atoms with Gasteiger partial charge in [-0.25, -0.2) is 0 Å². The van der Waals surface area contributed by atoms with Crippen LogP contribution in [0.15, 0.2) is 24.3 Å². The van der Waals surface area contributed by atoms with E-state index in [1.807, 2.05) is 0 Å². The Morgan fingerprint density at radius 2 is 1.86 bits per heavy atom. The molecule has 0 bridgehead atoms. The fourth-order valence-electron chi connectivity index (χ4n) is 2.43. The van der Waals surface area contributed by atoms with Crippen molar-refractivity contribution in [3.63, 3.8) is 0 Å². The van der Waals surface area contributed by atoms with E-state index in [-0.39, 0.29) is 31.3 Å². The number of para-hydroxylation sites is 1. The predicted molar refractivity (Wildman–Crippen MR) is 80.2 cm³/mol. The summed E-state index contributed by atoms with van der Waals surface area (Å²) in [6.07, 6.45) is 0.262. The first-order valence-corrected chi connectivity index (χ1v) is 7.00. The third-order valence-electron chi connectivity index (χ3n) is 3.75. The second-order valence-electron chi connectivity index (χ2n) is 5.30. The maximum absolute atomic E-state index is 11.8. The Bertz CT molecular complexity index is 584. The van der Waals surface area contributed by atoms with Gasteiger partial charge in [0.05, 0.1) is 13.1 Å². The lowest BCUT2D eigenvalue weighted by Crippen LogP contribution is -2.52. The number of hydrogen-bond acceptors (Lipinski definition) is 5. The van der Waals surface area contributed by atoms with E-state index in [0.717, 1.165) is 10.5 Å². The Kier molecular flexibility index (Phi) is 4.77. The van der Waals surface area contributed by atoms with Gasteiger partial charge in [-0.3, -0.25) is 19.3 Å². The number of carboxylic acid groups (broad SMARTS) is 1. The molecule has 1 atom stereocenters. The van der Waals surface area contributed by atoms with Gasteiger partial charge < -0.3 is 15.7 Å². The average Bonchev–Trinajstić information content (AvgIpc) is 2.49. The maximum atomic E-state index is 11.8. The minimum Gasteiger partial charge on any atom is -0.481 e. The van der Waals surface area contributed by atoms with Crippen molar-refractivity contribution in [1.82, 2.24) is 4.90 Å². The van der Waals surface area contributed by atoms with Gasteiger partial charge in [-0.2, -0.15) is 0 Å². The van der Waals surface area contributed by atoms with Crippen LogP contribution in [0.5, 0.6) is 0 Å². The SMILES string of the molecule is CN1C(=O)CN(c2ccccc2C(N)CCC(=O)O)CC1=O. The van der Waals surface area contributed by atoms with E-state index in [4.69, 9.17) is 10.8 Å². The zero-order chi connectivity index (χ0) is 16.3. The van der Waals surface area contributed by atoms with E-state index in [0.29, 0.717) is 12.1 Å². The van der Waals surface area contributed by atoms with Crippen LogP contribution in [0.4, 0.5) is 5.69 Å². The van der Waals surface area contributed by atoms with E-state index in [1.165, 1.54) is 7.05 Å². The Morgan fingerprint density at radius 3 is 2.45 bits per heavy atom. The molecule has 1 aliphatic heterocycles. The summed E-state index contributed by atoms with van der Waals surface area (Å²) in [5.74, 6) is -1.45. The van der Waals surface area contributed by atoms with Gasteiger partial charge in [0.2, 0.25) is 11.8 Å². The average molecular weight is 305 g/mol. The minimum atomic E-state index is -0.905. The van der Waals surface area contributed by atoms with Crippen LogP contribution in [0.25, 0.3) is 0 Å². The number of nitrogens with two attached hydrogens (primary N) is 1. The lowest BCUT2D eigenvalue weighted by atomic mass is 10.00. The van der Waals surface area contributed by atoms with Crippen molar-refractivity contribution < 1.29 is 19.5 Å². The Labute approximate surface area is 128 Å². The van der Waals surface area contributed by atoms with Crippen molar-refractivity contribution in [3.05, 3.63) is 29.8 Å². The molecule has 3 N–H and O–H groups in total. The third-order valence-corrected chi connectivity index (χ3v) is 3.75. The topological polar surface area (TPSA) is 104 Å². The summed E-state index contributed by atoms with van der Waals surface area (Å²) < 4.78 is 0. The lowest BCUT2D eigenvalue weighted by Gasteiger charge is -2.34. The number of benzene rings is 1. The number of carboxylic acids is 1. The summed E-state index contributed by atoms with van der Waals surface area (Å²) in [5, 5.41) is 8.77. The van der Waals surface area contributed by atoms with E-state index >= 15 is 0 Å². The predicted octanol–water partition coefficient (Wildman–Crippen LogP) is 0.356. The van der Waals surface area contributed by atoms with Crippen LogP contribution in [0.2, 0.25) is 0 Å². The van der Waals surface area contributed by atoms with Crippen molar-refractivity contribution in [1.29, 1.82) is 0 Å². The molecular formula is C15H19N3O4. The van der Waals surface area contributed by atoms with Crippen LogP contribution in [-0.2, 0) is 14.4 Å². The first-order chi connectivity index (χ1) is 10.4. The molecule has 0 spiro atoms. The fourth-order valence-corrected chi connectivity index (χ4v) is 2.43. The summed E-state index contributed by atoms with van der Waals surface area (Å²) in [4.78, 5) is 37.2. The monoisotopic (exact) mass is 305 g/mol. The van der Waals surface area contributed by atoms with Crippen molar-refractivity contribution in [2.75, 3.05) is 25.0 Å². The molecule has 0 saturated carbocycles. The zero-order valence-corrected chi connectivity index (χ0v) is 12.4. The van der Waals surface area contributed by atoms with Crippen molar-refractivity contribution in [2.45, 2.75) is 18.9 Å². The van der Waals surface area contributed by atoms with E-state index in [9.17, 15) is 14.4 Å². The number of nitrogens with zero attached hydrogens (tertiary/aromatic N) is 2. The van der Waals surface area contributed by atoms with Crippen molar-refractivity contribution in [3.8, 4) is 0 Å². The standard InChI is InChI=1S/C15H19N3O4/c1-17-13(19)8-18(9-14(17)20)12-5-3-2-4-10(12)11(16)6-7-15(21)22/h2-5,11H,6-9,16H2,1H3,(H,21,22). The lowest BCUT2D eigenvalue weighted by molar-refractivity contribution is -0.143. The number of imide groups is 1. The number of carbonyl (C=O) groups excluding carboxylic acids is 2. The van der Waals surface area contributed by atoms with Gasteiger partial charge in [0.25, 0.3) is 0 Å². The first-order valence-electron chi connectivity index (χ1n) is 7.00. The highest BCUT2D eigenvalue weighted by Crippen LogP contribution is 2.28. The molecule has 7 nitrogen and oxygen atoms in total. The minimum absolute atomic E-state index is 0.0316. The number of hydrogen-bond donors (Lipinski definition) is 2. The van der Waals surface area contributed by atoms with Gasteiger partial charge >= 0.3 is 5.97 Å². The molecule has 1 saturated heterocycles. The van der Waals surface area contributed by atoms with Gasteiger partial charge in [-0.1, -0.05) is 18.2 Å². The molecule has 2 amide bonds. The molecule has 0 aliphatic carbocycles. The quantitative estimate of drug-likeness (QED) is 0.761. The second kappa shape index (κ2) is 6.57. The molecule has 22 heavy (non-hydrogen) atoms. The number of likely N-dealkylation sites (N-methyl/N-ethyl adjacent to an activating group) is 1. The molecular weight excluding hydrogens is 286 g/mol. The summed E-state index contributed by atoms with van der Waals surface area (Å²) in [6.45, 7) is 0.204. The molecule has 1 aliphatic rings. The molecule has 2 rings (SSSR count). The Hall–Kier alpha value is -2.41. The fraction of sp³-hybridized carbons (Fsp3) is 0.400. The molecule has 7 heteroatoms. The molecule has 1 aromatic carbocycles. The van der Waals surface area contributed by atoms with Crippen molar-refractivity contribution >= 4 is 23.5 Å². The highest BCUT2D eigenvalue weighted by molar-refractivity contribution is 6.02. The van der Waals surface area contributed by atoms with Crippen LogP contribution in [0.3, 0.4) is 0 Å². The summed E-state index contributed by atoms with van der Waals surface area (Å²) in [7, 11) is 1.46. The first kappa shape index (κ1) is 16.0. The molecule has 0 aromatic heterocycles. The van der Waals surface area contributed by atoms with Gasteiger partial charge in [-0.15, -0.1) is 0 Å². The second-order valence-corrected chi connectivity index (χ2v) is 5.30. The summed E-state index contributed by atoms with van der Waals surface area (Å²) in [5.41, 5.74) is 7.53. The molecule has 1 fully saturated rings. The largest absolute Gasteiger partial charge is 0.481 e. The zero-order valence-electron chi connectivity index (χ0n) is 12.4. The highest BCUT2D eigenvalue weighted by Gasteiger charge is 2.29. The van der Waals surface area contributed by atoms with Crippen LogP contribution < -0.4 is 10.6 Å². The smallest absolute Gasteiger partial charge is 0.303 e. The van der Waals surface area contributed by atoms with Crippen molar-refractivity contribution in [2.24, 2.45) is 5.73 Å². The Morgan fingerprint density at radius 1 is 1.27 bits per heavy atom. The number of aliphatic carboxylic acids is 1. The molecule has 1 aromatic rings. The number of carbonyl (C=O) groups is 3. The number of amides is 2. The summed E-state index contributed by atoms with van der Waals surface area (Å²) >= 11 is 0.